The van der Waals surface area contributed by atoms with Crippen molar-refractivity contribution in [3.63, 3.8) is 0 Å². The first-order valence-electron chi connectivity index (χ1n) is 12.7. The normalized spacial score (nSPS) is 11.6. The van der Waals surface area contributed by atoms with Crippen molar-refractivity contribution in [3.8, 4) is 0 Å². The molecule has 0 saturated carbocycles. The molecule has 0 fully saturated rings. The zero-order chi connectivity index (χ0) is 24.7. The van der Waals surface area contributed by atoms with Gasteiger partial charge in [-0.3, -0.25) is 14.6 Å². The second-order valence-electron chi connectivity index (χ2n) is 8.96. The van der Waals surface area contributed by atoms with Gasteiger partial charge in [-0.25, -0.2) is 0 Å². The fourth-order valence-corrected chi connectivity index (χ4v) is 4.16. The SMILES string of the molecule is CC[C@@H](CCc1ccccc1)NC(=O)CN(CCc1ccccc1)C(=O)CCCc1ccncc1. The third kappa shape index (κ3) is 9.73. The van der Waals surface area contributed by atoms with Crippen molar-refractivity contribution in [2.75, 3.05) is 13.1 Å². The molecule has 1 atom stereocenters. The number of carbonyl (C=O) groups excluding carboxylic acids is 2. The Morgan fingerprint density at radius 2 is 1.43 bits per heavy atom. The zero-order valence-electron chi connectivity index (χ0n) is 20.7. The highest BCUT2D eigenvalue weighted by Crippen LogP contribution is 2.10. The summed E-state index contributed by atoms with van der Waals surface area (Å²) in [5.41, 5.74) is 3.61. The maximum atomic E-state index is 13.1. The topological polar surface area (TPSA) is 62.3 Å². The van der Waals surface area contributed by atoms with Crippen molar-refractivity contribution in [1.29, 1.82) is 0 Å². The van der Waals surface area contributed by atoms with Crippen LogP contribution in [0.4, 0.5) is 0 Å². The van der Waals surface area contributed by atoms with Gasteiger partial charge in [-0.05, 0) is 67.3 Å². The Hall–Kier alpha value is -3.47. The number of aromatic nitrogens is 1. The third-order valence-corrected chi connectivity index (χ3v) is 6.29. The van der Waals surface area contributed by atoms with Crippen LogP contribution in [0.2, 0.25) is 0 Å². The Kier molecular flexibility index (Phi) is 11.0. The van der Waals surface area contributed by atoms with Gasteiger partial charge in [0.05, 0.1) is 6.54 Å². The van der Waals surface area contributed by atoms with Gasteiger partial charge >= 0.3 is 0 Å². The van der Waals surface area contributed by atoms with E-state index in [9.17, 15) is 9.59 Å². The zero-order valence-corrected chi connectivity index (χ0v) is 20.7. The summed E-state index contributed by atoms with van der Waals surface area (Å²) < 4.78 is 0. The van der Waals surface area contributed by atoms with Crippen molar-refractivity contribution < 1.29 is 9.59 Å². The van der Waals surface area contributed by atoms with E-state index >= 15 is 0 Å². The Labute approximate surface area is 209 Å². The van der Waals surface area contributed by atoms with Gasteiger partial charge in [0.1, 0.15) is 0 Å². The molecular formula is C30H37N3O2. The molecule has 2 amide bonds. The number of nitrogens with zero attached hydrogens (tertiary/aromatic N) is 2. The van der Waals surface area contributed by atoms with Gasteiger partial charge in [0.25, 0.3) is 0 Å². The van der Waals surface area contributed by atoms with Gasteiger partial charge in [-0.1, -0.05) is 67.6 Å². The molecule has 3 aromatic rings. The quantitative estimate of drug-likeness (QED) is 0.360. The molecule has 0 aliphatic carbocycles. The van der Waals surface area contributed by atoms with Crippen molar-refractivity contribution in [2.45, 2.75) is 57.9 Å². The standard InChI is InChI=1S/C30H37N3O2/c1-2-28(17-16-25-10-5-3-6-11-25)32-29(34)24-33(23-20-26-12-7-4-8-13-26)30(35)15-9-14-27-18-21-31-22-19-27/h3-8,10-13,18-19,21-22,28H,2,9,14-17,20,23-24H2,1H3,(H,32,34)/t28-/m0/s1. The average molecular weight is 472 g/mol. The summed E-state index contributed by atoms with van der Waals surface area (Å²) in [4.78, 5) is 31.8. The Balaban J connectivity index is 1.54. The number of nitrogens with one attached hydrogen (secondary N) is 1. The molecule has 1 aromatic heterocycles. The van der Waals surface area contributed by atoms with Crippen LogP contribution < -0.4 is 5.32 Å². The lowest BCUT2D eigenvalue weighted by Crippen LogP contribution is -2.45. The molecule has 0 unspecified atom stereocenters. The fraction of sp³-hybridized carbons (Fsp3) is 0.367. The van der Waals surface area contributed by atoms with E-state index in [0.29, 0.717) is 13.0 Å². The second kappa shape index (κ2) is 14.7. The van der Waals surface area contributed by atoms with E-state index in [2.05, 4.69) is 41.5 Å². The maximum absolute atomic E-state index is 13.1. The fourth-order valence-electron chi connectivity index (χ4n) is 4.16. The van der Waals surface area contributed by atoms with Crippen molar-refractivity contribution in [3.05, 3.63) is 102 Å². The summed E-state index contributed by atoms with van der Waals surface area (Å²) in [6.07, 6.45) is 8.95. The molecule has 0 saturated heterocycles. The van der Waals surface area contributed by atoms with Crippen LogP contribution in [0, 0.1) is 0 Å². The minimum atomic E-state index is -0.0829. The van der Waals surface area contributed by atoms with Crippen LogP contribution in [0.15, 0.2) is 85.2 Å². The first-order valence-corrected chi connectivity index (χ1v) is 12.7. The Morgan fingerprint density at radius 1 is 0.829 bits per heavy atom. The predicted molar refractivity (Wildman–Crippen MR) is 141 cm³/mol. The molecule has 0 aliphatic heterocycles. The van der Waals surface area contributed by atoms with Crippen LogP contribution in [0.25, 0.3) is 0 Å². The molecule has 2 aromatic carbocycles. The van der Waals surface area contributed by atoms with E-state index in [0.717, 1.165) is 44.1 Å². The van der Waals surface area contributed by atoms with Gasteiger partial charge in [0.15, 0.2) is 0 Å². The number of rotatable bonds is 14. The number of pyridine rings is 1. The van der Waals surface area contributed by atoms with E-state index in [1.54, 1.807) is 17.3 Å². The van der Waals surface area contributed by atoms with Gasteiger partial charge in [-0.2, -0.15) is 0 Å². The first kappa shape index (κ1) is 26.1. The lowest BCUT2D eigenvalue weighted by molar-refractivity contribution is -0.136. The predicted octanol–water partition coefficient (Wildman–Crippen LogP) is 5.00. The van der Waals surface area contributed by atoms with Crippen LogP contribution in [-0.2, 0) is 28.9 Å². The number of amides is 2. The van der Waals surface area contributed by atoms with E-state index in [1.165, 1.54) is 11.1 Å². The summed E-state index contributed by atoms with van der Waals surface area (Å²) in [6.45, 7) is 2.72. The molecule has 0 spiro atoms. The average Bonchev–Trinajstić information content (AvgIpc) is 2.90. The van der Waals surface area contributed by atoms with Crippen molar-refractivity contribution >= 4 is 11.8 Å². The molecule has 0 aliphatic rings. The van der Waals surface area contributed by atoms with Crippen molar-refractivity contribution in [1.82, 2.24) is 15.2 Å². The smallest absolute Gasteiger partial charge is 0.239 e. The van der Waals surface area contributed by atoms with Crippen LogP contribution in [0.1, 0.15) is 49.3 Å². The summed E-state index contributed by atoms with van der Waals surface area (Å²) in [5, 5.41) is 3.16. The van der Waals surface area contributed by atoms with E-state index in [4.69, 9.17) is 0 Å². The lowest BCUT2D eigenvalue weighted by atomic mass is 10.0. The van der Waals surface area contributed by atoms with Crippen LogP contribution >= 0.6 is 0 Å². The van der Waals surface area contributed by atoms with Gasteiger partial charge in [-0.15, -0.1) is 0 Å². The van der Waals surface area contributed by atoms with Gasteiger partial charge in [0, 0.05) is 31.4 Å². The number of carbonyl (C=O) groups is 2. The van der Waals surface area contributed by atoms with Crippen LogP contribution in [0.5, 0.6) is 0 Å². The molecule has 5 nitrogen and oxygen atoms in total. The molecule has 0 bridgehead atoms. The van der Waals surface area contributed by atoms with E-state index in [-0.39, 0.29) is 24.4 Å². The first-order chi connectivity index (χ1) is 17.1. The largest absolute Gasteiger partial charge is 0.352 e. The molecule has 3 rings (SSSR count). The van der Waals surface area contributed by atoms with Gasteiger partial charge in [0.2, 0.25) is 11.8 Å². The number of benzene rings is 2. The Morgan fingerprint density at radius 3 is 2.06 bits per heavy atom. The molecule has 0 radical (unpaired) electrons. The number of aryl methyl sites for hydroxylation is 2. The van der Waals surface area contributed by atoms with Crippen molar-refractivity contribution in [2.24, 2.45) is 0 Å². The Bertz CT molecular complexity index is 1010. The second-order valence-corrected chi connectivity index (χ2v) is 8.96. The molecule has 5 heteroatoms. The minimum absolute atomic E-state index is 0.0301. The highest BCUT2D eigenvalue weighted by molar-refractivity contribution is 5.85. The molecule has 1 N–H and O–H groups in total. The molecule has 184 valence electrons. The lowest BCUT2D eigenvalue weighted by Gasteiger charge is -2.24. The summed E-state index contributed by atoms with van der Waals surface area (Å²) >= 11 is 0. The van der Waals surface area contributed by atoms with E-state index in [1.807, 2.05) is 48.5 Å². The number of hydrogen-bond acceptors (Lipinski definition) is 3. The number of hydrogen-bond donors (Lipinski definition) is 1. The molecule has 35 heavy (non-hydrogen) atoms. The van der Waals surface area contributed by atoms with Gasteiger partial charge < -0.3 is 10.2 Å². The highest BCUT2D eigenvalue weighted by Gasteiger charge is 2.19. The van der Waals surface area contributed by atoms with E-state index < -0.39 is 0 Å². The summed E-state index contributed by atoms with van der Waals surface area (Å²) in [6, 6.07) is 24.5. The van der Waals surface area contributed by atoms with Crippen LogP contribution in [0.3, 0.4) is 0 Å². The monoisotopic (exact) mass is 471 g/mol. The highest BCUT2D eigenvalue weighted by atomic mass is 16.2. The minimum Gasteiger partial charge on any atom is -0.352 e. The molecular weight excluding hydrogens is 434 g/mol. The summed E-state index contributed by atoms with van der Waals surface area (Å²) in [5.74, 6) is -0.0528. The molecule has 1 heterocycles. The summed E-state index contributed by atoms with van der Waals surface area (Å²) in [7, 11) is 0. The van der Waals surface area contributed by atoms with Crippen LogP contribution in [-0.4, -0.2) is 40.8 Å². The maximum Gasteiger partial charge on any atom is 0.239 e. The third-order valence-electron chi connectivity index (χ3n) is 6.29.